The molecule has 0 aliphatic carbocycles. The number of benzene rings is 1. The van der Waals surface area contributed by atoms with Gasteiger partial charge in [0.2, 0.25) is 0 Å². The van der Waals surface area contributed by atoms with Crippen molar-refractivity contribution in [2.75, 3.05) is 24.3 Å². The van der Waals surface area contributed by atoms with E-state index >= 15 is 0 Å². The fourth-order valence-electron chi connectivity index (χ4n) is 1.82. The van der Waals surface area contributed by atoms with Gasteiger partial charge in [0.15, 0.2) is 0 Å². The monoisotopic (exact) mass is 246 g/mol. The van der Waals surface area contributed by atoms with Crippen LogP contribution in [0.25, 0.3) is 0 Å². The van der Waals surface area contributed by atoms with Gasteiger partial charge in [-0.3, -0.25) is 0 Å². The van der Waals surface area contributed by atoms with Crippen molar-refractivity contribution in [2.45, 2.75) is 6.92 Å². The van der Waals surface area contributed by atoms with Gasteiger partial charge in [0, 0.05) is 25.3 Å². The molecule has 2 rings (SSSR count). The minimum absolute atomic E-state index is 0.248. The SMILES string of the molecule is CNc1ncnc(N(C)c2ccc(F)cc2)c1C. The standard InChI is InChI=1S/C13H15FN4/c1-9-12(15-2)16-8-17-13(9)18(3)11-6-4-10(14)5-7-11/h4-8H,1-3H3,(H,15,16,17). The first kappa shape index (κ1) is 12.3. The molecule has 1 aromatic heterocycles. The highest BCUT2D eigenvalue weighted by molar-refractivity contribution is 5.66. The summed E-state index contributed by atoms with van der Waals surface area (Å²) < 4.78 is 12.9. The Bertz CT molecular complexity index is 539. The van der Waals surface area contributed by atoms with Gasteiger partial charge in [-0.2, -0.15) is 0 Å². The Morgan fingerprint density at radius 2 is 1.83 bits per heavy atom. The van der Waals surface area contributed by atoms with Crippen LogP contribution in [0.5, 0.6) is 0 Å². The van der Waals surface area contributed by atoms with Gasteiger partial charge in [-0.25, -0.2) is 14.4 Å². The lowest BCUT2D eigenvalue weighted by Gasteiger charge is -2.21. The van der Waals surface area contributed by atoms with E-state index in [9.17, 15) is 4.39 Å². The van der Waals surface area contributed by atoms with Crippen LogP contribution < -0.4 is 10.2 Å². The average Bonchev–Trinajstić information content (AvgIpc) is 2.39. The second-order valence-corrected chi connectivity index (χ2v) is 3.96. The van der Waals surface area contributed by atoms with Crippen LogP contribution in [0.3, 0.4) is 0 Å². The van der Waals surface area contributed by atoms with Crippen LogP contribution in [0.15, 0.2) is 30.6 Å². The molecular formula is C13H15FN4. The number of nitrogens with zero attached hydrogens (tertiary/aromatic N) is 3. The maximum atomic E-state index is 12.9. The summed E-state index contributed by atoms with van der Waals surface area (Å²) in [6.45, 7) is 1.95. The summed E-state index contributed by atoms with van der Waals surface area (Å²) >= 11 is 0. The molecule has 5 heteroatoms. The van der Waals surface area contributed by atoms with Crippen LogP contribution in [-0.4, -0.2) is 24.1 Å². The number of rotatable bonds is 3. The highest BCUT2D eigenvalue weighted by Gasteiger charge is 2.11. The fourth-order valence-corrected chi connectivity index (χ4v) is 1.82. The quantitative estimate of drug-likeness (QED) is 0.904. The molecule has 0 aliphatic heterocycles. The van der Waals surface area contributed by atoms with E-state index in [0.29, 0.717) is 0 Å². The smallest absolute Gasteiger partial charge is 0.141 e. The molecule has 0 saturated heterocycles. The summed E-state index contributed by atoms with van der Waals surface area (Å²) in [5.41, 5.74) is 1.83. The molecule has 0 saturated carbocycles. The summed E-state index contributed by atoms with van der Waals surface area (Å²) in [7, 11) is 3.71. The first-order valence-corrected chi connectivity index (χ1v) is 5.62. The van der Waals surface area contributed by atoms with Crippen molar-refractivity contribution in [3.05, 3.63) is 42.0 Å². The van der Waals surface area contributed by atoms with Crippen LogP contribution in [-0.2, 0) is 0 Å². The van der Waals surface area contributed by atoms with Crippen molar-refractivity contribution in [1.82, 2.24) is 9.97 Å². The molecule has 0 unspecified atom stereocenters. The maximum absolute atomic E-state index is 12.9. The van der Waals surface area contributed by atoms with Crippen LogP contribution in [0.1, 0.15) is 5.56 Å². The van der Waals surface area contributed by atoms with Gasteiger partial charge in [0.1, 0.15) is 23.8 Å². The number of nitrogens with one attached hydrogen (secondary N) is 1. The van der Waals surface area contributed by atoms with E-state index in [1.807, 2.05) is 25.9 Å². The van der Waals surface area contributed by atoms with Gasteiger partial charge < -0.3 is 10.2 Å². The van der Waals surface area contributed by atoms with E-state index in [-0.39, 0.29) is 5.82 Å². The summed E-state index contributed by atoms with van der Waals surface area (Å²) in [5.74, 6) is 1.33. The van der Waals surface area contributed by atoms with Crippen molar-refractivity contribution in [3.8, 4) is 0 Å². The molecule has 0 bridgehead atoms. The Balaban J connectivity index is 2.39. The van der Waals surface area contributed by atoms with Gasteiger partial charge in [-0.1, -0.05) is 0 Å². The van der Waals surface area contributed by atoms with Crippen LogP contribution in [0.2, 0.25) is 0 Å². The Morgan fingerprint density at radius 3 is 2.44 bits per heavy atom. The second-order valence-electron chi connectivity index (χ2n) is 3.96. The largest absolute Gasteiger partial charge is 0.373 e. The molecular weight excluding hydrogens is 231 g/mol. The van der Waals surface area contributed by atoms with Crippen molar-refractivity contribution in [2.24, 2.45) is 0 Å². The second kappa shape index (κ2) is 5.00. The van der Waals surface area contributed by atoms with E-state index in [0.717, 1.165) is 22.9 Å². The number of hydrogen-bond donors (Lipinski definition) is 1. The summed E-state index contributed by atoms with van der Waals surface area (Å²) in [5, 5.41) is 3.01. The lowest BCUT2D eigenvalue weighted by atomic mass is 10.2. The maximum Gasteiger partial charge on any atom is 0.141 e. The van der Waals surface area contributed by atoms with Gasteiger partial charge in [-0.05, 0) is 31.2 Å². The lowest BCUT2D eigenvalue weighted by molar-refractivity contribution is 0.628. The van der Waals surface area contributed by atoms with Crippen LogP contribution in [0.4, 0.5) is 21.7 Å². The number of aromatic nitrogens is 2. The van der Waals surface area contributed by atoms with E-state index in [2.05, 4.69) is 15.3 Å². The molecule has 2 aromatic rings. The van der Waals surface area contributed by atoms with E-state index in [4.69, 9.17) is 0 Å². The minimum Gasteiger partial charge on any atom is -0.373 e. The number of hydrogen-bond acceptors (Lipinski definition) is 4. The van der Waals surface area contributed by atoms with E-state index in [1.165, 1.54) is 18.5 Å². The summed E-state index contributed by atoms with van der Waals surface area (Å²) in [4.78, 5) is 10.3. The third-order valence-electron chi connectivity index (χ3n) is 2.83. The van der Waals surface area contributed by atoms with Gasteiger partial charge in [0.25, 0.3) is 0 Å². The van der Waals surface area contributed by atoms with E-state index < -0.39 is 0 Å². The molecule has 4 nitrogen and oxygen atoms in total. The molecule has 0 atom stereocenters. The minimum atomic E-state index is -0.248. The third kappa shape index (κ3) is 2.25. The highest BCUT2D eigenvalue weighted by atomic mass is 19.1. The normalized spacial score (nSPS) is 10.2. The summed E-state index contributed by atoms with van der Waals surface area (Å²) in [6.07, 6.45) is 1.51. The zero-order chi connectivity index (χ0) is 13.1. The fraction of sp³-hybridized carbons (Fsp3) is 0.231. The molecule has 1 aromatic carbocycles. The van der Waals surface area contributed by atoms with Gasteiger partial charge in [-0.15, -0.1) is 0 Å². The lowest BCUT2D eigenvalue weighted by Crippen LogP contribution is -2.14. The Kier molecular flexibility index (Phi) is 3.41. The Morgan fingerprint density at radius 1 is 1.17 bits per heavy atom. The van der Waals surface area contributed by atoms with Crippen LogP contribution >= 0.6 is 0 Å². The zero-order valence-corrected chi connectivity index (χ0v) is 10.6. The molecule has 0 radical (unpaired) electrons. The summed E-state index contributed by atoms with van der Waals surface area (Å²) in [6, 6.07) is 6.30. The molecule has 0 amide bonds. The number of halogens is 1. The topological polar surface area (TPSA) is 41.1 Å². The van der Waals surface area contributed by atoms with Crippen molar-refractivity contribution < 1.29 is 4.39 Å². The molecule has 0 fully saturated rings. The first-order chi connectivity index (χ1) is 8.63. The van der Waals surface area contributed by atoms with E-state index in [1.54, 1.807) is 12.1 Å². The predicted molar refractivity (Wildman–Crippen MR) is 70.8 cm³/mol. The third-order valence-corrected chi connectivity index (χ3v) is 2.83. The molecule has 18 heavy (non-hydrogen) atoms. The van der Waals surface area contributed by atoms with Crippen molar-refractivity contribution in [3.63, 3.8) is 0 Å². The molecule has 1 heterocycles. The van der Waals surface area contributed by atoms with Crippen molar-refractivity contribution >= 4 is 17.3 Å². The Labute approximate surface area is 105 Å². The number of anilines is 3. The molecule has 0 aliphatic rings. The van der Waals surface area contributed by atoms with Crippen LogP contribution in [0, 0.1) is 12.7 Å². The molecule has 94 valence electrons. The average molecular weight is 246 g/mol. The van der Waals surface area contributed by atoms with Gasteiger partial charge >= 0.3 is 0 Å². The first-order valence-electron chi connectivity index (χ1n) is 5.62. The predicted octanol–water partition coefficient (Wildman–Crippen LogP) is 2.73. The highest BCUT2D eigenvalue weighted by Crippen LogP contribution is 2.27. The molecule has 0 spiro atoms. The zero-order valence-electron chi connectivity index (χ0n) is 10.6. The Hall–Kier alpha value is -2.17. The van der Waals surface area contributed by atoms with Gasteiger partial charge in [0.05, 0.1) is 0 Å². The molecule has 1 N–H and O–H groups in total. The van der Waals surface area contributed by atoms with Crippen molar-refractivity contribution in [1.29, 1.82) is 0 Å².